The SMILES string of the molecule is COc1cc(OC)cc([C@@H](O)CNCc2sccc2Cl)c1. The molecule has 0 aliphatic rings. The number of thiophene rings is 1. The summed E-state index contributed by atoms with van der Waals surface area (Å²) in [6.45, 7) is 1.05. The van der Waals surface area contributed by atoms with Gasteiger partial charge in [0.05, 0.1) is 25.3 Å². The van der Waals surface area contributed by atoms with Gasteiger partial charge in [0.2, 0.25) is 0 Å². The maximum Gasteiger partial charge on any atom is 0.122 e. The Balaban J connectivity index is 1.96. The fourth-order valence-electron chi connectivity index (χ4n) is 1.91. The van der Waals surface area contributed by atoms with Gasteiger partial charge in [0.1, 0.15) is 11.5 Å². The molecule has 0 bridgehead atoms. The summed E-state index contributed by atoms with van der Waals surface area (Å²) in [4.78, 5) is 1.06. The summed E-state index contributed by atoms with van der Waals surface area (Å²) in [6, 6.07) is 7.24. The lowest BCUT2D eigenvalue weighted by molar-refractivity contribution is 0.173. The zero-order valence-corrected chi connectivity index (χ0v) is 13.5. The average Bonchev–Trinajstić information content (AvgIpc) is 2.92. The van der Waals surface area contributed by atoms with Crippen LogP contribution in [0.5, 0.6) is 11.5 Å². The second kappa shape index (κ2) is 7.66. The van der Waals surface area contributed by atoms with E-state index in [0.29, 0.717) is 24.6 Å². The van der Waals surface area contributed by atoms with Crippen LogP contribution in [0.1, 0.15) is 16.5 Å². The highest BCUT2D eigenvalue weighted by molar-refractivity contribution is 7.10. The number of aliphatic hydroxyl groups is 1. The lowest BCUT2D eigenvalue weighted by Crippen LogP contribution is -2.20. The minimum absolute atomic E-state index is 0.421. The summed E-state index contributed by atoms with van der Waals surface area (Å²) in [7, 11) is 3.17. The summed E-state index contributed by atoms with van der Waals surface area (Å²) in [5.74, 6) is 1.31. The van der Waals surface area contributed by atoms with Crippen molar-refractivity contribution in [2.24, 2.45) is 0 Å². The van der Waals surface area contributed by atoms with Crippen LogP contribution in [0.4, 0.5) is 0 Å². The number of aliphatic hydroxyl groups excluding tert-OH is 1. The molecule has 0 radical (unpaired) electrons. The first kappa shape index (κ1) is 16.1. The monoisotopic (exact) mass is 327 g/mol. The molecule has 1 atom stereocenters. The van der Waals surface area contributed by atoms with Crippen LogP contribution in [0.3, 0.4) is 0 Å². The molecule has 1 heterocycles. The molecule has 6 heteroatoms. The molecule has 4 nitrogen and oxygen atoms in total. The van der Waals surface area contributed by atoms with Gasteiger partial charge in [-0.15, -0.1) is 11.3 Å². The van der Waals surface area contributed by atoms with Gasteiger partial charge in [-0.3, -0.25) is 0 Å². The first-order valence-electron chi connectivity index (χ1n) is 6.47. The molecule has 114 valence electrons. The molecule has 1 aromatic heterocycles. The van der Waals surface area contributed by atoms with Crippen molar-refractivity contribution in [3.05, 3.63) is 45.1 Å². The molecule has 2 aromatic rings. The van der Waals surface area contributed by atoms with E-state index in [9.17, 15) is 5.11 Å². The molecule has 0 aliphatic carbocycles. The fourth-order valence-corrected chi connectivity index (χ4v) is 2.99. The molecule has 0 saturated carbocycles. The first-order chi connectivity index (χ1) is 10.1. The van der Waals surface area contributed by atoms with Crippen molar-refractivity contribution in [3.8, 4) is 11.5 Å². The molecule has 0 spiro atoms. The standard InChI is InChI=1S/C15H18ClNO3S/c1-19-11-5-10(6-12(7-11)20-2)14(18)8-17-9-15-13(16)3-4-21-15/h3-7,14,17-18H,8-9H2,1-2H3/t14-/m0/s1. The van der Waals surface area contributed by atoms with Crippen molar-refractivity contribution < 1.29 is 14.6 Å². The third-order valence-corrected chi connectivity index (χ3v) is 4.46. The van der Waals surface area contributed by atoms with Gasteiger partial charge >= 0.3 is 0 Å². The number of benzene rings is 1. The van der Waals surface area contributed by atoms with Gasteiger partial charge in [-0.25, -0.2) is 0 Å². The second-order valence-electron chi connectivity index (χ2n) is 4.48. The van der Waals surface area contributed by atoms with Crippen LogP contribution in [-0.4, -0.2) is 25.9 Å². The number of rotatable bonds is 7. The third-order valence-electron chi connectivity index (χ3n) is 3.07. The molecule has 0 fully saturated rings. The summed E-state index contributed by atoms with van der Waals surface area (Å²) >= 11 is 7.62. The molecule has 1 aromatic carbocycles. The van der Waals surface area contributed by atoms with Crippen molar-refractivity contribution in [2.75, 3.05) is 20.8 Å². The highest BCUT2D eigenvalue weighted by Gasteiger charge is 2.11. The predicted octanol–water partition coefficient (Wildman–Crippen LogP) is 3.24. The zero-order valence-electron chi connectivity index (χ0n) is 11.9. The van der Waals surface area contributed by atoms with Crippen molar-refractivity contribution in [3.63, 3.8) is 0 Å². The van der Waals surface area contributed by atoms with Gasteiger partial charge < -0.3 is 19.9 Å². The van der Waals surface area contributed by atoms with Crippen molar-refractivity contribution in [1.29, 1.82) is 0 Å². The third kappa shape index (κ3) is 4.35. The van der Waals surface area contributed by atoms with Crippen LogP contribution in [-0.2, 0) is 6.54 Å². The van der Waals surface area contributed by atoms with Gasteiger partial charge in [0.25, 0.3) is 0 Å². The number of nitrogens with one attached hydrogen (secondary N) is 1. The molecular formula is C15H18ClNO3S. The Morgan fingerprint density at radius 1 is 1.24 bits per heavy atom. The number of ether oxygens (including phenoxy) is 2. The van der Waals surface area contributed by atoms with Gasteiger partial charge in [-0.2, -0.15) is 0 Å². The van der Waals surface area contributed by atoms with Gasteiger partial charge in [-0.05, 0) is 29.1 Å². The smallest absolute Gasteiger partial charge is 0.122 e. The summed E-state index contributed by atoms with van der Waals surface area (Å²) in [5, 5.41) is 16.2. The Labute approximate surface area is 133 Å². The molecular weight excluding hydrogens is 310 g/mol. The number of halogens is 1. The summed E-state index contributed by atoms with van der Waals surface area (Å²) in [5.41, 5.74) is 0.746. The van der Waals surface area contributed by atoms with Crippen LogP contribution >= 0.6 is 22.9 Å². The zero-order chi connectivity index (χ0) is 15.2. The van der Waals surface area contributed by atoms with Gasteiger partial charge in [-0.1, -0.05) is 11.6 Å². The maximum atomic E-state index is 10.3. The maximum absolute atomic E-state index is 10.3. The molecule has 0 amide bonds. The first-order valence-corrected chi connectivity index (χ1v) is 7.73. The fraction of sp³-hybridized carbons (Fsp3) is 0.333. The van der Waals surface area contributed by atoms with E-state index in [2.05, 4.69) is 5.32 Å². The molecule has 2 rings (SSSR count). The number of methoxy groups -OCH3 is 2. The van der Waals surface area contributed by atoms with E-state index in [-0.39, 0.29) is 0 Å². The Bertz CT molecular complexity index is 566. The van der Waals surface area contributed by atoms with E-state index in [1.165, 1.54) is 0 Å². The largest absolute Gasteiger partial charge is 0.497 e. The van der Waals surface area contributed by atoms with Crippen LogP contribution in [0.25, 0.3) is 0 Å². The summed E-state index contributed by atoms with van der Waals surface area (Å²) < 4.78 is 10.4. The van der Waals surface area contributed by atoms with Gasteiger partial charge in [0.15, 0.2) is 0 Å². The Morgan fingerprint density at radius 2 is 1.90 bits per heavy atom. The molecule has 21 heavy (non-hydrogen) atoms. The highest BCUT2D eigenvalue weighted by atomic mass is 35.5. The number of hydrogen-bond acceptors (Lipinski definition) is 5. The quantitative estimate of drug-likeness (QED) is 0.819. The minimum atomic E-state index is -0.646. The van der Waals surface area contributed by atoms with E-state index in [1.807, 2.05) is 11.4 Å². The molecule has 0 saturated heterocycles. The minimum Gasteiger partial charge on any atom is -0.497 e. The van der Waals surface area contributed by atoms with E-state index >= 15 is 0 Å². The van der Waals surface area contributed by atoms with Crippen molar-refractivity contribution >= 4 is 22.9 Å². The number of hydrogen-bond donors (Lipinski definition) is 2. The van der Waals surface area contributed by atoms with E-state index in [1.54, 1.807) is 43.8 Å². The van der Waals surface area contributed by atoms with E-state index < -0.39 is 6.10 Å². The lowest BCUT2D eigenvalue weighted by atomic mass is 10.1. The Hall–Kier alpha value is -1.27. The Morgan fingerprint density at radius 3 is 2.43 bits per heavy atom. The molecule has 2 N–H and O–H groups in total. The highest BCUT2D eigenvalue weighted by Crippen LogP contribution is 2.26. The van der Waals surface area contributed by atoms with E-state index in [4.69, 9.17) is 21.1 Å². The van der Waals surface area contributed by atoms with Crippen molar-refractivity contribution in [2.45, 2.75) is 12.6 Å². The van der Waals surface area contributed by atoms with Gasteiger partial charge in [0, 0.05) is 24.0 Å². The van der Waals surface area contributed by atoms with Crippen LogP contribution in [0.2, 0.25) is 5.02 Å². The average molecular weight is 328 g/mol. The molecule has 0 unspecified atom stereocenters. The second-order valence-corrected chi connectivity index (χ2v) is 5.89. The topological polar surface area (TPSA) is 50.7 Å². The lowest BCUT2D eigenvalue weighted by Gasteiger charge is -2.14. The van der Waals surface area contributed by atoms with Crippen molar-refractivity contribution in [1.82, 2.24) is 5.32 Å². The van der Waals surface area contributed by atoms with E-state index in [0.717, 1.165) is 15.5 Å². The Kier molecular flexibility index (Phi) is 5.87. The van der Waals surface area contributed by atoms with Crippen LogP contribution in [0.15, 0.2) is 29.6 Å². The molecule has 0 aliphatic heterocycles. The normalized spacial score (nSPS) is 12.2. The predicted molar refractivity (Wildman–Crippen MR) is 85.5 cm³/mol. The summed E-state index contributed by atoms with van der Waals surface area (Å²) in [6.07, 6.45) is -0.646. The van der Waals surface area contributed by atoms with Crippen LogP contribution in [0, 0.1) is 0 Å². The van der Waals surface area contributed by atoms with Crippen LogP contribution < -0.4 is 14.8 Å².